The first-order chi connectivity index (χ1) is 16.3. The SMILES string of the molecule is CC(=O)C(C(=O)O)N1C(=O)C(NC(=O)COc2ccccc2)C1SSc1nc2ccccc2s1. The summed E-state index contributed by atoms with van der Waals surface area (Å²) in [4.78, 5) is 54.4. The Balaban J connectivity index is 1.47. The molecule has 3 unspecified atom stereocenters. The van der Waals surface area contributed by atoms with E-state index in [1.165, 1.54) is 32.9 Å². The van der Waals surface area contributed by atoms with Crippen LogP contribution in [0.15, 0.2) is 58.9 Å². The number of carboxylic acids is 1. The van der Waals surface area contributed by atoms with Crippen LogP contribution in [0.4, 0.5) is 0 Å². The number of Topliss-reactive ketones (excluding diaryl/α,β-unsaturated/α-hetero) is 1. The summed E-state index contributed by atoms with van der Waals surface area (Å²) in [5.74, 6) is -2.77. The smallest absolute Gasteiger partial charge is 0.334 e. The molecule has 0 saturated carbocycles. The van der Waals surface area contributed by atoms with Gasteiger partial charge in [0.05, 0.1) is 10.2 Å². The van der Waals surface area contributed by atoms with Crippen LogP contribution in [0.1, 0.15) is 6.92 Å². The number of para-hydroxylation sites is 2. The van der Waals surface area contributed by atoms with Crippen molar-refractivity contribution >= 4 is 66.7 Å². The predicted molar refractivity (Wildman–Crippen MR) is 130 cm³/mol. The zero-order valence-electron chi connectivity index (χ0n) is 17.7. The number of aliphatic carboxylic acids is 1. The molecule has 2 amide bonds. The van der Waals surface area contributed by atoms with E-state index in [4.69, 9.17) is 4.74 Å². The van der Waals surface area contributed by atoms with Crippen molar-refractivity contribution < 1.29 is 29.0 Å². The molecular formula is C22H19N3O6S3. The van der Waals surface area contributed by atoms with Gasteiger partial charge in [0.2, 0.25) is 5.91 Å². The third-order valence-corrected chi connectivity index (χ3v) is 8.93. The summed E-state index contributed by atoms with van der Waals surface area (Å²) in [5.41, 5.74) is 0.826. The Morgan fingerprint density at radius 2 is 1.88 bits per heavy atom. The maximum absolute atomic E-state index is 12.8. The molecule has 34 heavy (non-hydrogen) atoms. The molecular weight excluding hydrogens is 498 g/mol. The molecule has 0 radical (unpaired) electrons. The molecule has 2 aromatic carbocycles. The molecule has 1 aliphatic heterocycles. The molecule has 0 spiro atoms. The zero-order valence-corrected chi connectivity index (χ0v) is 20.2. The fourth-order valence-electron chi connectivity index (χ4n) is 3.34. The number of likely N-dealkylation sites (tertiary alicyclic amines) is 1. The van der Waals surface area contributed by atoms with Crippen LogP contribution in [0.25, 0.3) is 10.2 Å². The van der Waals surface area contributed by atoms with Gasteiger partial charge in [-0.1, -0.05) is 41.1 Å². The Hall–Kier alpha value is -3.09. The van der Waals surface area contributed by atoms with Gasteiger partial charge in [-0.25, -0.2) is 9.78 Å². The Labute approximate surface area is 206 Å². The van der Waals surface area contributed by atoms with Crippen molar-refractivity contribution in [3.05, 3.63) is 54.6 Å². The third-order valence-electron chi connectivity index (χ3n) is 4.90. The molecule has 1 saturated heterocycles. The highest BCUT2D eigenvalue weighted by Gasteiger charge is 2.55. The van der Waals surface area contributed by atoms with E-state index in [1.54, 1.807) is 24.3 Å². The fourth-order valence-corrected chi connectivity index (χ4v) is 7.30. The highest BCUT2D eigenvalue weighted by Crippen LogP contribution is 2.44. The van der Waals surface area contributed by atoms with Gasteiger partial charge in [-0.05, 0) is 42.0 Å². The molecule has 3 atom stereocenters. The van der Waals surface area contributed by atoms with Crippen LogP contribution >= 0.6 is 32.9 Å². The molecule has 1 aliphatic rings. The molecule has 3 aromatic rings. The fraction of sp³-hybridized carbons (Fsp3) is 0.227. The Morgan fingerprint density at radius 1 is 1.18 bits per heavy atom. The topological polar surface area (TPSA) is 126 Å². The number of thiazole rings is 1. The molecule has 0 aliphatic carbocycles. The summed E-state index contributed by atoms with van der Waals surface area (Å²) < 4.78 is 7.11. The normalized spacial score (nSPS) is 18.3. The van der Waals surface area contributed by atoms with E-state index in [2.05, 4.69) is 10.3 Å². The number of nitrogens with zero attached hydrogens (tertiary/aromatic N) is 2. The first kappa shape index (κ1) is 24.0. The van der Waals surface area contributed by atoms with Crippen molar-refractivity contribution in [3.63, 3.8) is 0 Å². The Kier molecular flexibility index (Phi) is 7.39. The van der Waals surface area contributed by atoms with Crippen molar-refractivity contribution in [2.24, 2.45) is 0 Å². The van der Waals surface area contributed by atoms with E-state index in [1.807, 2.05) is 30.3 Å². The van der Waals surface area contributed by atoms with E-state index in [0.717, 1.165) is 22.0 Å². The second-order valence-corrected chi connectivity index (χ2v) is 10.9. The number of nitrogens with one attached hydrogen (secondary N) is 1. The standard InChI is InChI=1S/C22H19N3O6S3/c1-12(26)18(21(29)30)25-19(28)17(24-16(27)11-31-13-7-3-2-4-8-13)20(25)33-34-22-23-14-9-5-6-10-15(14)32-22/h2-10,17-18,20H,11H2,1H3,(H,24,27)(H,29,30). The second kappa shape index (κ2) is 10.5. The number of carbonyl (C=O) groups excluding carboxylic acids is 3. The van der Waals surface area contributed by atoms with Gasteiger partial charge in [0.25, 0.3) is 5.91 Å². The molecule has 0 bridgehead atoms. The van der Waals surface area contributed by atoms with E-state index >= 15 is 0 Å². The lowest BCUT2D eigenvalue weighted by Crippen LogP contribution is -2.73. The van der Waals surface area contributed by atoms with Gasteiger partial charge < -0.3 is 20.1 Å². The number of hydrogen-bond acceptors (Lipinski definition) is 9. The summed E-state index contributed by atoms with van der Waals surface area (Å²) >= 11 is 1.45. The summed E-state index contributed by atoms with van der Waals surface area (Å²) in [7, 11) is 2.43. The van der Waals surface area contributed by atoms with Crippen molar-refractivity contribution in [2.75, 3.05) is 6.61 Å². The first-order valence-electron chi connectivity index (χ1n) is 10.1. The molecule has 1 aromatic heterocycles. The van der Waals surface area contributed by atoms with Gasteiger partial charge in [0, 0.05) is 0 Å². The molecule has 2 heterocycles. The maximum Gasteiger partial charge on any atom is 0.334 e. The molecule has 12 heteroatoms. The summed E-state index contributed by atoms with van der Waals surface area (Å²) in [6, 6.07) is 13.7. The van der Waals surface area contributed by atoms with Gasteiger partial charge in [0.1, 0.15) is 17.2 Å². The number of ketones is 1. The molecule has 1 fully saturated rings. The minimum atomic E-state index is -1.63. The number of ether oxygens (including phenoxy) is 1. The first-order valence-corrected chi connectivity index (χ1v) is 13.1. The van der Waals surface area contributed by atoms with Crippen molar-refractivity contribution in [1.82, 2.24) is 15.2 Å². The monoisotopic (exact) mass is 517 g/mol. The highest BCUT2D eigenvalue weighted by molar-refractivity contribution is 8.77. The minimum absolute atomic E-state index is 0.314. The zero-order chi connectivity index (χ0) is 24.2. The van der Waals surface area contributed by atoms with Crippen molar-refractivity contribution in [1.29, 1.82) is 0 Å². The van der Waals surface area contributed by atoms with Crippen LogP contribution in [0.2, 0.25) is 0 Å². The summed E-state index contributed by atoms with van der Waals surface area (Å²) in [5, 5.41) is 11.3. The van der Waals surface area contributed by atoms with Gasteiger partial charge in [-0.15, -0.1) is 11.3 Å². The Bertz CT molecular complexity index is 1190. The Morgan fingerprint density at radius 3 is 2.56 bits per heavy atom. The molecule has 2 N–H and O–H groups in total. The van der Waals surface area contributed by atoms with Crippen molar-refractivity contribution in [3.8, 4) is 5.75 Å². The van der Waals surface area contributed by atoms with E-state index < -0.39 is 41.0 Å². The van der Waals surface area contributed by atoms with Gasteiger partial charge in [0.15, 0.2) is 22.8 Å². The number of carboxylic acid groups (broad SMARTS) is 1. The number of benzene rings is 2. The largest absolute Gasteiger partial charge is 0.484 e. The highest BCUT2D eigenvalue weighted by atomic mass is 33.1. The van der Waals surface area contributed by atoms with E-state index in [-0.39, 0.29) is 6.61 Å². The van der Waals surface area contributed by atoms with Gasteiger partial charge in [-0.2, -0.15) is 0 Å². The lowest BCUT2D eigenvalue weighted by molar-refractivity contribution is -0.164. The number of β-lactam (4-membered cyclic amide) rings is 1. The van der Waals surface area contributed by atoms with Crippen LogP contribution in [0, 0.1) is 0 Å². The quantitative estimate of drug-likeness (QED) is 0.237. The van der Waals surface area contributed by atoms with E-state index in [9.17, 15) is 24.3 Å². The number of fused-ring (bicyclic) bond motifs is 1. The second-order valence-electron chi connectivity index (χ2n) is 7.26. The number of rotatable bonds is 10. The van der Waals surface area contributed by atoms with Crippen molar-refractivity contribution in [2.45, 2.75) is 28.7 Å². The average Bonchev–Trinajstić information content (AvgIpc) is 3.24. The maximum atomic E-state index is 12.8. The molecule has 4 rings (SSSR count). The van der Waals surface area contributed by atoms with Crippen LogP contribution in [0.3, 0.4) is 0 Å². The summed E-state index contributed by atoms with van der Waals surface area (Å²) in [6.45, 7) is 0.805. The molecule has 9 nitrogen and oxygen atoms in total. The minimum Gasteiger partial charge on any atom is -0.484 e. The average molecular weight is 518 g/mol. The third kappa shape index (κ3) is 5.18. The molecule has 176 valence electrons. The lowest BCUT2D eigenvalue weighted by Gasteiger charge is -2.47. The van der Waals surface area contributed by atoms with Crippen LogP contribution < -0.4 is 10.1 Å². The van der Waals surface area contributed by atoms with Crippen LogP contribution in [-0.4, -0.2) is 62.6 Å². The van der Waals surface area contributed by atoms with Gasteiger partial charge in [-0.3, -0.25) is 14.4 Å². The number of hydrogen-bond donors (Lipinski definition) is 2. The van der Waals surface area contributed by atoms with E-state index in [0.29, 0.717) is 10.1 Å². The van der Waals surface area contributed by atoms with Gasteiger partial charge >= 0.3 is 5.97 Å². The predicted octanol–water partition coefficient (Wildman–Crippen LogP) is 2.81. The van der Waals surface area contributed by atoms with Crippen LogP contribution in [0.5, 0.6) is 5.75 Å². The lowest BCUT2D eigenvalue weighted by atomic mass is 10.0. The summed E-state index contributed by atoms with van der Waals surface area (Å²) in [6.07, 6.45) is 0. The number of carbonyl (C=O) groups is 4. The van der Waals surface area contributed by atoms with Crippen LogP contribution in [-0.2, 0) is 19.2 Å². The number of aromatic nitrogens is 1. The number of amides is 2.